The Morgan fingerprint density at radius 2 is 2.25 bits per heavy atom. The van der Waals surface area contributed by atoms with Crippen molar-refractivity contribution in [1.82, 2.24) is 14.8 Å². The Morgan fingerprint density at radius 1 is 1.44 bits per heavy atom. The molecule has 2 heterocycles. The Labute approximate surface area is 94.8 Å². The van der Waals surface area contributed by atoms with Gasteiger partial charge in [-0.1, -0.05) is 11.6 Å². The normalized spacial score (nSPS) is 11.5. The van der Waals surface area contributed by atoms with E-state index in [4.69, 9.17) is 11.6 Å². The van der Waals surface area contributed by atoms with Crippen LogP contribution < -0.4 is 0 Å². The van der Waals surface area contributed by atoms with Gasteiger partial charge < -0.3 is 4.74 Å². The van der Waals surface area contributed by atoms with Crippen LogP contribution in [0.2, 0.25) is 5.15 Å². The smallest absolute Gasteiger partial charge is 0.321 e. The first-order valence-electron chi connectivity index (χ1n) is 4.54. The van der Waals surface area contributed by atoms with Crippen LogP contribution >= 0.6 is 11.6 Å². The molecule has 2 rings (SSSR count). The lowest BCUT2D eigenvalue weighted by Gasteiger charge is -2.03. The second-order valence-corrected chi connectivity index (χ2v) is 3.43. The maximum atomic E-state index is 11.8. The summed E-state index contributed by atoms with van der Waals surface area (Å²) in [6.45, 7) is -2.68. The number of alkyl halides is 2. The lowest BCUT2D eigenvalue weighted by molar-refractivity contribution is -0.130. The molecule has 16 heavy (non-hydrogen) atoms. The Hall–Kier alpha value is -1.27. The van der Waals surface area contributed by atoms with E-state index in [1.807, 2.05) is 0 Å². The van der Waals surface area contributed by atoms with Gasteiger partial charge in [-0.15, -0.1) is 0 Å². The minimum Gasteiger partial charge on any atom is -0.321 e. The van der Waals surface area contributed by atoms with E-state index >= 15 is 0 Å². The molecule has 0 atom stereocenters. The fourth-order valence-corrected chi connectivity index (χ4v) is 1.47. The first-order chi connectivity index (χ1) is 7.66. The van der Waals surface area contributed by atoms with Gasteiger partial charge in [0.25, 0.3) is 0 Å². The predicted molar refractivity (Wildman–Crippen MR) is 54.5 cm³/mol. The summed E-state index contributed by atoms with van der Waals surface area (Å²) < 4.78 is 29.1. The molecule has 2 aromatic rings. The van der Waals surface area contributed by atoms with E-state index in [2.05, 4.69) is 14.8 Å². The van der Waals surface area contributed by atoms with Crippen molar-refractivity contribution in [1.29, 1.82) is 0 Å². The van der Waals surface area contributed by atoms with Crippen LogP contribution in [-0.2, 0) is 11.3 Å². The van der Waals surface area contributed by atoms with E-state index in [0.717, 1.165) is 5.39 Å². The molecule has 0 aliphatic heterocycles. The summed E-state index contributed by atoms with van der Waals surface area (Å²) in [6.07, 6.45) is 1.60. The molecule has 0 saturated carbocycles. The predicted octanol–water partition coefficient (Wildman–Crippen LogP) is 2.32. The van der Waals surface area contributed by atoms with Crippen LogP contribution in [0.3, 0.4) is 0 Å². The number of fused-ring (bicyclic) bond motifs is 1. The molecule has 0 bridgehead atoms. The number of rotatable bonds is 4. The summed E-state index contributed by atoms with van der Waals surface area (Å²) in [7, 11) is 0. The lowest BCUT2D eigenvalue weighted by atomic mass is 10.4. The maximum absolute atomic E-state index is 11.8. The van der Waals surface area contributed by atoms with Crippen LogP contribution in [0, 0.1) is 0 Å². The zero-order valence-corrected chi connectivity index (χ0v) is 8.86. The highest BCUT2D eigenvalue weighted by molar-refractivity contribution is 6.29. The first kappa shape index (κ1) is 11.2. The average Bonchev–Trinajstić information content (AvgIpc) is 2.60. The van der Waals surface area contributed by atoms with Crippen LogP contribution in [0.25, 0.3) is 11.0 Å². The number of ether oxygens (including phenoxy) is 1. The summed E-state index contributed by atoms with van der Waals surface area (Å²) in [5.41, 5.74) is 0.561. The van der Waals surface area contributed by atoms with Gasteiger partial charge >= 0.3 is 6.61 Å². The highest BCUT2D eigenvalue weighted by Gasteiger charge is 2.06. The van der Waals surface area contributed by atoms with Crippen molar-refractivity contribution >= 4 is 22.6 Å². The molecule has 0 radical (unpaired) electrons. The maximum Gasteiger partial charge on any atom is 0.345 e. The van der Waals surface area contributed by atoms with E-state index in [9.17, 15) is 8.78 Å². The van der Waals surface area contributed by atoms with Crippen molar-refractivity contribution in [3.63, 3.8) is 0 Å². The van der Waals surface area contributed by atoms with Crippen molar-refractivity contribution in [2.75, 3.05) is 6.61 Å². The third kappa shape index (κ3) is 2.45. The van der Waals surface area contributed by atoms with Crippen molar-refractivity contribution < 1.29 is 13.5 Å². The quantitative estimate of drug-likeness (QED) is 0.779. The van der Waals surface area contributed by atoms with Gasteiger partial charge in [-0.2, -0.15) is 13.9 Å². The van der Waals surface area contributed by atoms with Crippen LogP contribution in [0.15, 0.2) is 18.3 Å². The topological polar surface area (TPSA) is 39.9 Å². The fourth-order valence-electron chi connectivity index (χ4n) is 1.32. The average molecular weight is 248 g/mol. The molecule has 2 aromatic heterocycles. The molecule has 0 amide bonds. The molecule has 0 aliphatic rings. The van der Waals surface area contributed by atoms with E-state index in [1.165, 1.54) is 4.68 Å². The molecule has 4 nitrogen and oxygen atoms in total. The van der Waals surface area contributed by atoms with E-state index in [0.29, 0.717) is 10.8 Å². The van der Waals surface area contributed by atoms with Gasteiger partial charge in [-0.05, 0) is 12.1 Å². The minimum atomic E-state index is -2.77. The van der Waals surface area contributed by atoms with Gasteiger partial charge in [0.15, 0.2) is 5.65 Å². The molecular weight excluding hydrogens is 240 g/mol. The Kier molecular flexibility index (Phi) is 3.31. The molecule has 0 N–H and O–H groups in total. The van der Waals surface area contributed by atoms with Gasteiger partial charge in [0, 0.05) is 5.39 Å². The Balaban J connectivity index is 2.15. The van der Waals surface area contributed by atoms with Crippen molar-refractivity contribution in [3.05, 3.63) is 23.5 Å². The molecule has 0 fully saturated rings. The molecule has 7 heteroatoms. The number of pyridine rings is 1. The molecular formula is C9H8ClF2N3O. The van der Waals surface area contributed by atoms with Crippen molar-refractivity contribution in [2.45, 2.75) is 13.2 Å². The summed E-state index contributed by atoms with van der Waals surface area (Å²) in [4.78, 5) is 4.06. The Bertz CT molecular complexity index is 489. The molecule has 0 aromatic carbocycles. The molecule has 0 aliphatic carbocycles. The van der Waals surface area contributed by atoms with Crippen LogP contribution in [-0.4, -0.2) is 28.0 Å². The van der Waals surface area contributed by atoms with E-state index in [1.54, 1.807) is 18.3 Å². The van der Waals surface area contributed by atoms with Crippen LogP contribution in [0.5, 0.6) is 0 Å². The third-order valence-electron chi connectivity index (χ3n) is 2.00. The highest BCUT2D eigenvalue weighted by atomic mass is 35.5. The summed E-state index contributed by atoms with van der Waals surface area (Å²) in [5, 5.41) is 5.15. The second-order valence-electron chi connectivity index (χ2n) is 3.05. The van der Waals surface area contributed by atoms with Crippen LogP contribution in [0.1, 0.15) is 0 Å². The molecule has 0 spiro atoms. The summed E-state index contributed by atoms with van der Waals surface area (Å²) in [6, 6.07) is 3.41. The van der Waals surface area contributed by atoms with E-state index in [-0.39, 0.29) is 13.2 Å². The van der Waals surface area contributed by atoms with Gasteiger partial charge in [-0.3, -0.25) is 0 Å². The summed E-state index contributed by atoms with van der Waals surface area (Å²) >= 11 is 5.73. The largest absolute Gasteiger partial charge is 0.345 e. The number of aromatic nitrogens is 3. The summed E-state index contributed by atoms with van der Waals surface area (Å²) in [5.74, 6) is 0. The fraction of sp³-hybridized carbons (Fsp3) is 0.333. The highest BCUT2D eigenvalue weighted by Crippen LogP contribution is 2.14. The van der Waals surface area contributed by atoms with Crippen molar-refractivity contribution in [2.24, 2.45) is 0 Å². The number of halogens is 3. The van der Waals surface area contributed by atoms with Gasteiger partial charge in [-0.25, -0.2) is 9.67 Å². The molecule has 0 saturated heterocycles. The standard InChI is InChI=1S/C9H8ClF2N3O/c10-7-2-1-6-5-13-15(8(6)14-7)3-4-16-9(11)12/h1-2,5,9H,3-4H2. The lowest BCUT2D eigenvalue weighted by Crippen LogP contribution is -2.10. The van der Waals surface area contributed by atoms with E-state index < -0.39 is 6.61 Å². The van der Waals surface area contributed by atoms with Gasteiger partial charge in [0.2, 0.25) is 0 Å². The number of nitrogens with zero attached hydrogens (tertiary/aromatic N) is 3. The molecule has 0 unspecified atom stereocenters. The monoisotopic (exact) mass is 247 g/mol. The van der Waals surface area contributed by atoms with Gasteiger partial charge in [0.1, 0.15) is 5.15 Å². The van der Waals surface area contributed by atoms with Crippen molar-refractivity contribution in [3.8, 4) is 0 Å². The third-order valence-corrected chi connectivity index (χ3v) is 2.21. The minimum absolute atomic E-state index is 0.122. The zero-order chi connectivity index (χ0) is 11.5. The Morgan fingerprint density at radius 3 is 3.00 bits per heavy atom. The second kappa shape index (κ2) is 4.71. The number of hydrogen-bond acceptors (Lipinski definition) is 3. The van der Waals surface area contributed by atoms with Gasteiger partial charge in [0.05, 0.1) is 19.3 Å². The van der Waals surface area contributed by atoms with Crippen LogP contribution in [0.4, 0.5) is 8.78 Å². The molecule has 86 valence electrons. The first-order valence-corrected chi connectivity index (χ1v) is 4.92. The SMILES string of the molecule is FC(F)OCCn1ncc2ccc(Cl)nc21. The number of hydrogen-bond donors (Lipinski definition) is 0. The zero-order valence-electron chi connectivity index (χ0n) is 8.11.